The fraction of sp³-hybridized carbons (Fsp3) is 0.357. The van der Waals surface area contributed by atoms with Gasteiger partial charge in [-0.15, -0.1) is 0 Å². The van der Waals surface area contributed by atoms with Crippen LogP contribution in [0.25, 0.3) is 10.8 Å². The van der Waals surface area contributed by atoms with Crippen LogP contribution in [-0.4, -0.2) is 24.0 Å². The van der Waals surface area contributed by atoms with Gasteiger partial charge in [0.05, 0.1) is 17.9 Å². The average Bonchev–Trinajstić information content (AvgIpc) is 3.29. The van der Waals surface area contributed by atoms with E-state index < -0.39 is 5.60 Å². The summed E-state index contributed by atoms with van der Waals surface area (Å²) in [5.41, 5.74) is 1.12. The monoisotopic (exact) mass is 443 g/mol. The molecule has 5 nitrogen and oxygen atoms in total. The van der Waals surface area contributed by atoms with E-state index in [1.807, 2.05) is 51.1 Å². The fourth-order valence-electron chi connectivity index (χ4n) is 4.81. The van der Waals surface area contributed by atoms with E-state index in [0.29, 0.717) is 40.5 Å². The van der Waals surface area contributed by atoms with Crippen molar-refractivity contribution in [1.29, 1.82) is 0 Å². The predicted molar refractivity (Wildman–Crippen MR) is 129 cm³/mol. The Kier molecular flexibility index (Phi) is 5.35. The normalized spacial score (nSPS) is 16.5. The minimum atomic E-state index is -0.403. The van der Waals surface area contributed by atoms with E-state index >= 15 is 0 Å². The van der Waals surface area contributed by atoms with Gasteiger partial charge in [-0.25, -0.2) is 4.90 Å². The van der Waals surface area contributed by atoms with E-state index in [4.69, 9.17) is 9.47 Å². The first kappa shape index (κ1) is 21.5. The smallest absolute Gasteiger partial charge is 0.266 e. The van der Waals surface area contributed by atoms with Crippen molar-refractivity contribution >= 4 is 28.3 Å². The minimum absolute atomic E-state index is 0.317. The number of amides is 2. The Hall–Kier alpha value is -3.34. The second-order valence-electron chi connectivity index (χ2n) is 9.99. The molecule has 0 bridgehead atoms. The summed E-state index contributed by atoms with van der Waals surface area (Å²) in [4.78, 5) is 28.1. The first-order valence-electron chi connectivity index (χ1n) is 11.7. The maximum Gasteiger partial charge on any atom is 0.266 e. The van der Waals surface area contributed by atoms with Crippen molar-refractivity contribution in [3.05, 3.63) is 65.7 Å². The van der Waals surface area contributed by atoms with Gasteiger partial charge in [-0.05, 0) is 87.4 Å². The van der Waals surface area contributed by atoms with Crippen molar-refractivity contribution in [3.8, 4) is 11.5 Å². The summed E-state index contributed by atoms with van der Waals surface area (Å²) in [7, 11) is 0. The number of benzene rings is 3. The lowest BCUT2D eigenvalue weighted by Gasteiger charge is -2.29. The number of carbonyl (C=O) groups is 2. The molecule has 0 atom stereocenters. The van der Waals surface area contributed by atoms with Gasteiger partial charge in [0, 0.05) is 10.9 Å². The number of nitrogens with zero attached hydrogens (tertiary/aromatic N) is 1. The van der Waals surface area contributed by atoms with Gasteiger partial charge in [-0.3, -0.25) is 9.59 Å². The van der Waals surface area contributed by atoms with Crippen LogP contribution in [0.2, 0.25) is 0 Å². The third-order valence-corrected chi connectivity index (χ3v) is 6.30. The van der Waals surface area contributed by atoms with Gasteiger partial charge in [0.1, 0.15) is 17.1 Å². The Morgan fingerprint density at radius 2 is 1.58 bits per heavy atom. The van der Waals surface area contributed by atoms with E-state index in [-0.39, 0.29) is 11.8 Å². The topological polar surface area (TPSA) is 55.8 Å². The molecule has 1 aliphatic heterocycles. The summed E-state index contributed by atoms with van der Waals surface area (Å²) < 4.78 is 12.0. The molecule has 1 saturated carbocycles. The van der Waals surface area contributed by atoms with E-state index in [1.54, 1.807) is 24.3 Å². The van der Waals surface area contributed by atoms with Crippen molar-refractivity contribution in [2.24, 2.45) is 5.92 Å². The van der Waals surface area contributed by atoms with E-state index in [9.17, 15) is 9.59 Å². The molecular formula is C28H29NO4. The first-order valence-corrected chi connectivity index (χ1v) is 11.7. The number of anilines is 1. The Balaban J connectivity index is 1.46. The summed E-state index contributed by atoms with van der Waals surface area (Å²) >= 11 is 0. The predicted octanol–water partition coefficient (Wildman–Crippen LogP) is 6.39. The molecule has 2 amide bonds. The van der Waals surface area contributed by atoms with Gasteiger partial charge in [0.25, 0.3) is 11.8 Å². The highest BCUT2D eigenvalue weighted by molar-refractivity contribution is 6.35. The van der Waals surface area contributed by atoms with Crippen molar-refractivity contribution in [3.63, 3.8) is 0 Å². The summed E-state index contributed by atoms with van der Waals surface area (Å²) in [6.45, 7) is 6.61. The number of rotatable bonds is 5. The Morgan fingerprint density at radius 1 is 0.879 bits per heavy atom. The molecule has 0 aromatic heterocycles. The zero-order valence-electron chi connectivity index (χ0n) is 19.4. The number of hydrogen-bond acceptors (Lipinski definition) is 4. The van der Waals surface area contributed by atoms with Gasteiger partial charge >= 0.3 is 0 Å². The molecule has 1 aliphatic carbocycles. The fourth-order valence-corrected chi connectivity index (χ4v) is 4.81. The van der Waals surface area contributed by atoms with Gasteiger partial charge in [0.15, 0.2) is 0 Å². The largest absolute Gasteiger partial charge is 0.493 e. The maximum absolute atomic E-state index is 13.5. The minimum Gasteiger partial charge on any atom is -0.493 e. The Labute approximate surface area is 194 Å². The van der Waals surface area contributed by atoms with Crippen molar-refractivity contribution in [1.82, 2.24) is 0 Å². The molecule has 0 radical (unpaired) electrons. The van der Waals surface area contributed by atoms with Gasteiger partial charge in [-0.1, -0.05) is 25.0 Å². The standard InChI is InChI=1S/C28H29NO4/c1-28(2,3)33-22-15-19-9-6-10-23-25(19)24(16-22)27(31)29(26(23)30)20-11-13-21(14-12-20)32-17-18-7-4-5-8-18/h6,9-16,18H,4-5,7-8,17H2,1-3H3. The highest BCUT2D eigenvalue weighted by Gasteiger charge is 2.34. The third-order valence-electron chi connectivity index (χ3n) is 6.30. The van der Waals surface area contributed by atoms with Crippen LogP contribution in [0, 0.1) is 5.92 Å². The number of hydrogen-bond donors (Lipinski definition) is 0. The molecule has 3 aromatic carbocycles. The molecule has 2 aliphatic rings. The van der Waals surface area contributed by atoms with Crippen LogP contribution in [0.15, 0.2) is 54.6 Å². The Morgan fingerprint density at radius 3 is 2.27 bits per heavy atom. The molecule has 170 valence electrons. The SMILES string of the molecule is CC(C)(C)Oc1cc2c3c(cccc3c1)C(=O)N(c1ccc(OCC3CCCC3)cc1)C2=O. The molecule has 5 heteroatoms. The molecule has 0 spiro atoms. The van der Waals surface area contributed by atoms with Gasteiger partial charge in [0.2, 0.25) is 0 Å². The van der Waals surface area contributed by atoms with Crippen LogP contribution in [0.1, 0.15) is 67.2 Å². The summed E-state index contributed by atoms with van der Waals surface area (Å²) in [6.07, 6.45) is 5.01. The lowest BCUT2D eigenvalue weighted by molar-refractivity contribution is 0.0891. The highest BCUT2D eigenvalue weighted by atomic mass is 16.5. The molecular weight excluding hydrogens is 414 g/mol. The van der Waals surface area contributed by atoms with Crippen LogP contribution in [-0.2, 0) is 0 Å². The van der Waals surface area contributed by atoms with Gasteiger partial charge in [-0.2, -0.15) is 0 Å². The summed E-state index contributed by atoms with van der Waals surface area (Å²) in [6, 6.07) is 16.4. The zero-order chi connectivity index (χ0) is 23.2. The average molecular weight is 444 g/mol. The van der Waals surface area contributed by atoms with Crippen LogP contribution in [0.5, 0.6) is 11.5 Å². The molecule has 0 unspecified atom stereocenters. The van der Waals surface area contributed by atoms with Crippen LogP contribution < -0.4 is 14.4 Å². The van der Waals surface area contributed by atoms with Crippen LogP contribution in [0.3, 0.4) is 0 Å². The van der Waals surface area contributed by atoms with Crippen LogP contribution >= 0.6 is 0 Å². The lowest BCUT2D eigenvalue weighted by Crippen LogP contribution is -2.40. The number of ether oxygens (including phenoxy) is 2. The highest BCUT2D eigenvalue weighted by Crippen LogP contribution is 2.37. The zero-order valence-corrected chi connectivity index (χ0v) is 19.4. The van der Waals surface area contributed by atoms with Crippen molar-refractivity contribution in [2.75, 3.05) is 11.5 Å². The maximum atomic E-state index is 13.5. The third kappa shape index (κ3) is 4.20. The molecule has 0 N–H and O–H groups in total. The van der Waals surface area contributed by atoms with E-state index in [2.05, 4.69) is 0 Å². The second-order valence-corrected chi connectivity index (χ2v) is 9.99. The van der Waals surface area contributed by atoms with E-state index in [1.165, 1.54) is 30.6 Å². The second kappa shape index (κ2) is 8.22. The molecule has 5 rings (SSSR count). The quantitative estimate of drug-likeness (QED) is 0.429. The Bertz CT molecular complexity index is 1220. The van der Waals surface area contributed by atoms with Crippen molar-refractivity contribution < 1.29 is 19.1 Å². The molecule has 3 aromatic rings. The summed E-state index contributed by atoms with van der Waals surface area (Å²) in [5.74, 6) is 1.33. The number of imide groups is 1. The van der Waals surface area contributed by atoms with Crippen molar-refractivity contribution in [2.45, 2.75) is 52.1 Å². The lowest BCUT2D eigenvalue weighted by atomic mass is 9.93. The van der Waals surface area contributed by atoms with Gasteiger partial charge < -0.3 is 9.47 Å². The molecule has 33 heavy (non-hydrogen) atoms. The molecule has 1 heterocycles. The van der Waals surface area contributed by atoms with Crippen LogP contribution in [0.4, 0.5) is 5.69 Å². The van der Waals surface area contributed by atoms with E-state index in [0.717, 1.165) is 11.1 Å². The summed E-state index contributed by atoms with van der Waals surface area (Å²) in [5, 5.41) is 1.50. The first-order chi connectivity index (χ1) is 15.8. The molecule has 1 fully saturated rings. The number of carbonyl (C=O) groups excluding carboxylic acids is 2. The molecule has 0 saturated heterocycles.